The van der Waals surface area contributed by atoms with E-state index < -0.39 is 35.7 Å². The van der Waals surface area contributed by atoms with E-state index in [1.54, 1.807) is 24.3 Å². The largest absolute Gasteiger partial charge is 0.480 e. The van der Waals surface area contributed by atoms with Gasteiger partial charge in [-0.1, -0.05) is 12.1 Å². The van der Waals surface area contributed by atoms with Crippen molar-refractivity contribution in [1.29, 1.82) is 0 Å². The number of aromatic nitrogens is 2. The van der Waals surface area contributed by atoms with E-state index in [1.807, 2.05) is 0 Å². The third-order valence-electron chi connectivity index (χ3n) is 4.19. The van der Waals surface area contributed by atoms with Crippen LogP contribution in [0.25, 0.3) is 10.9 Å². The highest BCUT2D eigenvalue weighted by molar-refractivity contribution is 5.84. The van der Waals surface area contributed by atoms with Crippen LogP contribution in [-0.4, -0.2) is 43.5 Å². The number of amides is 1. The van der Waals surface area contributed by atoms with Gasteiger partial charge in [-0.25, -0.2) is 9.59 Å². The SMILES string of the molecule is CC(C(=O)O)N(C(=O)Cn1c(=O)[nH]c2ccccc2c1=O)C1CC1. The van der Waals surface area contributed by atoms with E-state index in [0.29, 0.717) is 10.9 Å². The van der Waals surface area contributed by atoms with Gasteiger partial charge in [-0.15, -0.1) is 0 Å². The van der Waals surface area contributed by atoms with Crippen LogP contribution in [-0.2, 0) is 16.1 Å². The zero-order valence-corrected chi connectivity index (χ0v) is 13.1. The molecule has 1 aromatic heterocycles. The predicted octanol–water partition coefficient (Wildman–Crippen LogP) is 0.154. The van der Waals surface area contributed by atoms with Crippen LogP contribution >= 0.6 is 0 Å². The van der Waals surface area contributed by atoms with Crippen LogP contribution < -0.4 is 11.2 Å². The van der Waals surface area contributed by atoms with Crippen molar-refractivity contribution in [2.45, 2.75) is 38.4 Å². The molecular formula is C16H17N3O5. The smallest absolute Gasteiger partial charge is 0.329 e. The second-order valence-electron chi connectivity index (χ2n) is 5.91. The van der Waals surface area contributed by atoms with Gasteiger partial charge in [-0.05, 0) is 31.9 Å². The highest BCUT2D eigenvalue weighted by atomic mass is 16.4. The molecule has 2 aromatic rings. The van der Waals surface area contributed by atoms with Crippen molar-refractivity contribution in [1.82, 2.24) is 14.5 Å². The maximum absolute atomic E-state index is 12.5. The molecule has 1 unspecified atom stereocenters. The molecular weight excluding hydrogens is 314 g/mol. The molecule has 126 valence electrons. The first kappa shape index (κ1) is 16.0. The first-order chi connectivity index (χ1) is 11.4. The maximum Gasteiger partial charge on any atom is 0.329 e. The summed E-state index contributed by atoms with van der Waals surface area (Å²) in [4.78, 5) is 52.1. The minimum Gasteiger partial charge on any atom is -0.480 e. The number of carbonyl (C=O) groups is 2. The summed E-state index contributed by atoms with van der Waals surface area (Å²) in [5, 5.41) is 9.46. The van der Waals surface area contributed by atoms with Crippen molar-refractivity contribution in [2.75, 3.05) is 0 Å². The molecule has 24 heavy (non-hydrogen) atoms. The normalized spacial score (nSPS) is 15.2. The molecule has 0 spiro atoms. The molecule has 1 aliphatic rings. The number of benzene rings is 1. The lowest BCUT2D eigenvalue weighted by Gasteiger charge is -2.26. The summed E-state index contributed by atoms with van der Waals surface area (Å²) in [5.41, 5.74) is -0.860. The van der Waals surface area contributed by atoms with E-state index in [0.717, 1.165) is 17.4 Å². The summed E-state index contributed by atoms with van der Waals surface area (Å²) in [6, 6.07) is 5.38. The summed E-state index contributed by atoms with van der Waals surface area (Å²) in [5.74, 6) is -1.66. The van der Waals surface area contributed by atoms with Crippen LogP contribution in [0.5, 0.6) is 0 Å². The fourth-order valence-electron chi connectivity index (χ4n) is 2.77. The van der Waals surface area contributed by atoms with Gasteiger partial charge in [0.15, 0.2) is 0 Å². The lowest BCUT2D eigenvalue weighted by Crippen LogP contribution is -2.48. The summed E-state index contributed by atoms with van der Waals surface area (Å²) >= 11 is 0. The average Bonchev–Trinajstić information content (AvgIpc) is 3.36. The van der Waals surface area contributed by atoms with Crippen LogP contribution in [0.15, 0.2) is 33.9 Å². The molecule has 0 saturated heterocycles. The molecule has 0 bridgehead atoms. The van der Waals surface area contributed by atoms with Gasteiger partial charge >= 0.3 is 11.7 Å². The molecule has 8 heteroatoms. The summed E-state index contributed by atoms with van der Waals surface area (Å²) in [6.45, 7) is 0.944. The molecule has 2 N–H and O–H groups in total. The number of para-hydroxylation sites is 1. The highest BCUT2D eigenvalue weighted by Crippen LogP contribution is 2.29. The molecule has 0 aliphatic heterocycles. The van der Waals surface area contributed by atoms with Crippen molar-refractivity contribution in [3.05, 3.63) is 45.1 Å². The summed E-state index contributed by atoms with van der Waals surface area (Å²) in [6.07, 6.45) is 1.46. The predicted molar refractivity (Wildman–Crippen MR) is 85.8 cm³/mol. The number of carbonyl (C=O) groups excluding carboxylic acids is 1. The Labute approximate surface area is 136 Å². The van der Waals surface area contributed by atoms with Crippen molar-refractivity contribution in [3.8, 4) is 0 Å². The van der Waals surface area contributed by atoms with Gasteiger partial charge in [0.05, 0.1) is 10.9 Å². The number of rotatable bonds is 5. The summed E-state index contributed by atoms with van der Waals surface area (Å²) in [7, 11) is 0. The number of hydrogen-bond donors (Lipinski definition) is 2. The maximum atomic E-state index is 12.5. The molecule has 1 aromatic carbocycles. The van der Waals surface area contributed by atoms with Crippen molar-refractivity contribution < 1.29 is 14.7 Å². The van der Waals surface area contributed by atoms with Gasteiger partial charge in [-0.3, -0.25) is 14.2 Å². The number of H-pyrrole nitrogens is 1. The Bertz CT molecular complexity index is 925. The molecule has 0 radical (unpaired) electrons. The zero-order chi connectivity index (χ0) is 17.4. The van der Waals surface area contributed by atoms with Crippen LogP contribution in [0.1, 0.15) is 19.8 Å². The number of fused-ring (bicyclic) bond motifs is 1. The fraction of sp³-hybridized carbons (Fsp3) is 0.375. The Hall–Kier alpha value is -2.90. The quantitative estimate of drug-likeness (QED) is 0.810. The first-order valence-electron chi connectivity index (χ1n) is 7.66. The molecule has 3 rings (SSSR count). The third-order valence-corrected chi connectivity index (χ3v) is 4.19. The zero-order valence-electron chi connectivity index (χ0n) is 13.1. The van der Waals surface area contributed by atoms with Crippen LogP contribution in [0.4, 0.5) is 0 Å². The number of carboxylic acids is 1. The fourth-order valence-corrected chi connectivity index (χ4v) is 2.77. The van der Waals surface area contributed by atoms with Gasteiger partial charge < -0.3 is 15.0 Å². The van der Waals surface area contributed by atoms with Crippen LogP contribution in [0, 0.1) is 0 Å². The Morgan fingerprint density at radius 3 is 2.62 bits per heavy atom. The van der Waals surface area contributed by atoms with Crippen molar-refractivity contribution in [3.63, 3.8) is 0 Å². The highest BCUT2D eigenvalue weighted by Gasteiger charge is 2.38. The molecule has 1 heterocycles. The third kappa shape index (κ3) is 2.82. The van der Waals surface area contributed by atoms with E-state index in [1.165, 1.54) is 11.8 Å². The topological polar surface area (TPSA) is 112 Å². The number of hydrogen-bond acceptors (Lipinski definition) is 4. The first-order valence-corrected chi connectivity index (χ1v) is 7.66. The van der Waals surface area contributed by atoms with Crippen LogP contribution in [0.2, 0.25) is 0 Å². The van der Waals surface area contributed by atoms with E-state index in [-0.39, 0.29) is 6.04 Å². The number of carboxylic acid groups (broad SMARTS) is 1. The molecule has 1 aliphatic carbocycles. The standard InChI is InChI=1S/C16H17N3O5/c1-9(15(22)23)19(10-6-7-10)13(20)8-18-14(21)11-4-2-3-5-12(11)17-16(18)24/h2-5,9-10H,6-8H2,1H3,(H,17,24)(H,22,23). The van der Waals surface area contributed by atoms with E-state index >= 15 is 0 Å². The van der Waals surface area contributed by atoms with E-state index in [2.05, 4.69) is 4.98 Å². The number of aliphatic carboxylic acids is 1. The number of nitrogens with one attached hydrogen (secondary N) is 1. The van der Waals surface area contributed by atoms with Gasteiger partial charge in [-0.2, -0.15) is 0 Å². The summed E-state index contributed by atoms with van der Waals surface area (Å²) < 4.78 is 0.814. The monoisotopic (exact) mass is 331 g/mol. The van der Waals surface area contributed by atoms with Crippen molar-refractivity contribution >= 4 is 22.8 Å². The van der Waals surface area contributed by atoms with E-state index in [4.69, 9.17) is 5.11 Å². The van der Waals surface area contributed by atoms with Gasteiger partial charge in [0.25, 0.3) is 5.56 Å². The lowest BCUT2D eigenvalue weighted by molar-refractivity contribution is -0.150. The second-order valence-corrected chi connectivity index (χ2v) is 5.91. The van der Waals surface area contributed by atoms with Crippen LogP contribution in [0.3, 0.4) is 0 Å². The Kier molecular flexibility index (Phi) is 3.96. The van der Waals surface area contributed by atoms with E-state index in [9.17, 15) is 19.2 Å². The van der Waals surface area contributed by atoms with Crippen molar-refractivity contribution in [2.24, 2.45) is 0 Å². The molecule has 1 atom stereocenters. The van der Waals surface area contributed by atoms with Gasteiger partial charge in [0.1, 0.15) is 12.6 Å². The number of nitrogens with zero attached hydrogens (tertiary/aromatic N) is 2. The molecule has 1 amide bonds. The second kappa shape index (κ2) is 5.95. The Morgan fingerprint density at radius 1 is 1.33 bits per heavy atom. The number of aromatic amines is 1. The molecule has 1 saturated carbocycles. The van der Waals surface area contributed by atoms with Gasteiger partial charge in [0.2, 0.25) is 5.91 Å². The molecule has 1 fully saturated rings. The minimum atomic E-state index is -1.12. The minimum absolute atomic E-state index is 0.140. The molecule has 8 nitrogen and oxygen atoms in total. The van der Waals surface area contributed by atoms with Gasteiger partial charge in [0, 0.05) is 6.04 Å². The average molecular weight is 331 g/mol. The lowest BCUT2D eigenvalue weighted by atomic mass is 10.2. The Balaban J connectivity index is 1.97. The Morgan fingerprint density at radius 2 is 2.00 bits per heavy atom.